The smallest absolute Gasteiger partial charge is 0.338 e. The van der Waals surface area contributed by atoms with Crippen LogP contribution in [0, 0.1) is 18.3 Å². The molecular formula is C29H29N3O3. The molecule has 0 aliphatic carbocycles. The first kappa shape index (κ1) is 24.2. The van der Waals surface area contributed by atoms with Gasteiger partial charge in [0.25, 0.3) is 0 Å². The predicted octanol–water partition coefficient (Wildman–Crippen LogP) is 5.18. The van der Waals surface area contributed by atoms with E-state index in [2.05, 4.69) is 29.7 Å². The van der Waals surface area contributed by atoms with E-state index in [-0.39, 0.29) is 12.6 Å². The Labute approximate surface area is 206 Å². The second-order valence-electron chi connectivity index (χ2n) is 8.78. The third-order valence-electron chi connectivity index (χ3n) is 6.42. The average molecular weight is 468 g/mol. The van der Waals surface area contributed by atoms with E-state index in [4.69, 9.17) is 10.00 Å². The summed E-state index contributed by atoms with van der Waals surface area (Å²) in [5.74, 6) is -0.298. The van der Waals surface area contributed by atoms with Crippen molar-refractivity contribution in [2.24, 2.45) is 0 Å². The highest BCUT2D eigenvalue weighted by Crippen LogP contribution is 2.31. The minimum absolute atomic E-state index is 0.269. The van der Waals surface area contributed by atoms with E-state index in [1.54, 1.807) is 12.3 Å². The summed E-state index contributed by atoms with van der Waals surface area (Å²) in [6.45, 7) is 7.28. The van der Waals surface area contributed by atoms with Gasteiger partial charge in [0.05, 0.1) is 24.2 Å². The van der Waals surface area contributed by atoms with Gasteiger partial charge in [0.15, 0.2) is 0 Å². The van der Waals surface area contributed by atoms with Gasteiger partial charge in [0, 0.05) is 36.2 Å². The Bertz CT molecular complexity index is 1280. The Kier molecular flexibility index (Phi) is 7.31. The van der Waals surface area contributed by atoms with Gasteiger partial charge in [-0.1, -0.05) is 43.0 Å². The van der Waals surface area contributed by atoms with E-state index in [0.717, 1.165) is 39.2 Å². The molecular weight excluding hydrogens is 438 g/mol. The first-order valence-corrected chi connectivity index (χ1v) is 11.5. The maximum absolute atomic E-state index is 11.8. The molecule has 1 N–H and O–H groups in total. The van der Waals surface area contributed by atoms with Crippen LogP contribution in [0.25, 0.3) is 0 Å². The largest absolute Gasteiger partial charge is 0.457 e. The number of nitrogens with zero attached hydrogens (tertiary/aromatic N) is 3. The Morgan fingerprint density at radius 1 is 1.17 bits per heavy atom. The Balaban J connectivity index is 1.43. The van der Waals surface area contributed by atoms with Gasteiger partial charge >= 0.3 is 5.97 Å². The van der Waals surface area contributed by atoms with Crippen LogP contribution in [0.4, 0.5) is 11.4 Å². The number of anilines is 2. The minimum Gasteiger partial charge on any atom is -0.457 e. The van der Waals surface area contributed by atoms with Crippen LogP contribution in [0.3, 0.4) is 0 Å². The number of hydrogen-bond acceptors (Lipinski definition) is 6. The van der Waals surface area contributed by atoms with E-state index >= 15 is 0 Å². The fraction of sp³-hybridized carbons (Fsp3) is 0.241. The highest BCUT2D eigenvalue weighted by molar-refractivity contribution is 5.94. The van der Waals surface area contributed by atoms with Crippen LogP contribution in [-0.2, 0) is 24.3 Å². The van der Waals surface area contributed by atoms with Crippen LogP contribution in [0.2, 0.25) is 0 Å². The summed E-state index contributed by atoms with van der Waals surface area (Å²) in [7, 11) is 1.97. The first-order chi connectivity index (χ1) is 16.9. The van der Waals surface area contributed by atoms with E-state index in [1.165, 1.54) is 0 Å². The Morgan fingerprint density at radius 3 is 2.63 bits per heavy atom. The number of para-hydroxylation sites is 1. The van der Waals surface area contributed by atoms with Crippen LogP contribution in [0.15, 0.2) is 73.4 Å². The molecule has 3 aromatic carbocycles. The van der Waals surface area contributed by atoms with Crippen molar-refractivity contribution in [1.29, 1.82) is 5.26 Å². The van der Waals surface area contributed by atoms with Crippen molar-refractivity contribution >= 4 is 17.3 Å². The topological polar surface area (TPSA) is 76.8 Å². The lowest BCUT2D eigenvalue weighted by molar-refractivity contribution is 0.0535. The summed E-state index contributed by atoms with van der Waals surface area (Å²) in [6, 6.07) is 21.8. The molecule has 178 valence electrons. The van der Waals surface area contributed by atoms with Gasteiger partial charge < -0.3 is 14.7 Å². The zero-order valence-corrected chi connectivity index (χ0v) is 20.1. The molecule has 0 saturated carbocycles. The summed E-state index contributed by atoms with van der Waals surface area (Å²) < 4.78 is 5.13. The van der Waals surface area contributed by atoms with E-state index in [9.17, 15) is 9.90 Å². The third-order valence-corrected chi connectivity index (χ3v) is 6.42. The Morgan fingerprint density at radius 2 is 1.91 bits per heavy atom. The number of likely N-dealkylation sites (N-methyl/N-ethyl adjacent to an activating group) is 1. The van der Waals surface area contributed by atoms with Crippen LogP contribution < -0.4 is 4.90 Å². The average Bonchev–Trinajstić information content (AvgIpc) is 3.23. The van der Waals surface area contributed by atoms with E-state index in [1.807, 2.05) is 61.3 Å². The summed E-state index contributed by atoms with van der Waals surface area (Å²) in [4.78, 5) is 15.8. The molecule has 0 aromatic heterocycles. The van der Waals surface area contributed by atoms with Crippen molar-refractivity contribution in [1.82, 2.24) is 4.90 Å². The lowest BCUT2D eigenvalue weighted by atomic mass is 9.95. The number of benzene rings is 3. The molecule has 0 bridgehead atoms. The molecule has 0 spiro atoms. The molecule has 6 nitrogen and oxygen atoms in total. The molecule has 4 rings (SSSR count). The number of carbonyl (C=O) groups is 1. The number of hydrogen-bond donors (Lipinski definition) is 1. The van der Waals surface area contributed by atoms with Gasteiger partial charge in [0.1, 0.15) is 6.61 Å². The van der Waals surface area contributed by atoms with Crippen molar-refractivity contribution in [2.75, 3.05) is 18.5 Å². The number of cyclic esters (lactones) is 1. The molecule has 3 aromatic rings. The van der Waals surface area contributed by atoms with Gasteiger partial charge in [-0.3, -0.25) is 4.90 Å². The van der Waals surface area contributed by atoms with Crippen molar-refractivity contribution < 1.29 is 14.6 Å². The SMILES string of the molecule is C=CN(c1ccc(CN(C)CC(O)c2ccc3c(c2C)COC3=O)cc1)c1ccccc1CC#N. The van der Waals surface area contributed by atoms with Crippen molar-refractivity contribution in [2.45, 2.75) is 32.6 Å². The number of fused-ring (bicyclic) bond motifs is 1. The summed E-state index contributed by atoms with van der Waals surface area (Å²) in [5.41, 5.74) is 7.16. The monoisotopic (exact) mass is 467 g/mol. The summed E-state index contributed by atoms with van der Waals surface area (Å²) in [6.07, 6.45) is 1.41. The molecule has 1 unspecified atom stereocenters. The second kappa shape index (κ2) is 10.6. The number of nitriles is 1. The summed E-state index contributed by atoms with van der Waals surface area (Å²) in [5, 5.41) is 20.0. The number of aliphatic hydroxyl groups excluding tert-OH is 1. The van der Waals surface area contributed by atoms with Gasteiger partial charge in [-0.2, -0.15) is 5.26 Å². The van der Waals surface area contributed by atoms with Crippen LogP contribution >= 0.6 is 0 Å². The number of ether oxygens (including phenoxy) is 1. The molecule has 1 aliphatic rings. The fourth-order valence-electron chi connectivity index (χ4n) is 4.58. The maximum atomic E-state index is 11.8. The second-order valence-corrected chi connectivity index (χ2v) is 8.78. The summed E-state index contributed by atoms with van der Waals surface area (Å²) >= 11 is 0. The highest BCUT2D eigenvalue weighted by Gasteiger charge is 2.26. The molecule has 6 heteroatoms. The van der Waals surface area contributed by atoms with Crippen molar-refractivity contribution in [3.63, 3.8) is 0 Å². The molecule has 0 radical (unpaired) electrons. The third kappa shape index (κ3) is 5.12. The zero-order chi connectivity index (χ0) is 24.9. The lowest BCUT2D eigenvalue weighted by Crippen LogP contribution is -2.25. The standard InChI is InChI=1S/C29H29N3O3/c1-4-32(27-8-6-5-7-22(27)15-16-30)23-11-9-21(10-12-23)17-31(3)18-28(33)24-13-14-25-26(20(24)2)19-35-29(25)34/h4-14,28,33H,1,15,17-19H2,2-3H3. The maximum Gasteiger partial charge on any atom is 0.338 e. The van der Waals surface area contributed by atoms with Gasteiger partial charge in [-0.15, -0.1) is 0 Å². The van der Waals surface area contributed by atoms with Gasteiger partial charge in [-0.05, 0) is 60.5 Å². The van der Waals surface area contributed by atoms with Crippen molar-refractivity contribution in [3.05, 3.63) is 107 Å². The molecule has 35 heavy (non-hydrogen) atoms. The van der Waals surface area contributed by atoms with E-state index in [0.29, 0.717) is 25.1 Å². The number of aliphatic hydroxyl groups is 1. The molecule has 1 atom stereocenters. The molecule has 1 heterocycles. The Hall–Kier alpha value is -3.92. The van der Waals surface area contributed by atoms with Crippen LogP contribution in [0.1, 0.15) is 44.3 Å². The number of carbonyl (C=O) groups excluding carboxylic acids is 1. The zero-order valence-electron chi connectivity index (χ0n) is 20.1. The molecule has 0 saturated heterocycles. The lowest BCUT2D eigenvalue weighted by Gasteiger charge is -2.24. The fourth-order valence-corrected chi connectivity index (χ4v) is 4.58. The number of rotatable bonds is 9. The molecule has 1 aliphatic heterocycles. The molecule has 0 fully saturated rings. The molecule has 0 amide bonds. The van der Waals surface area contributed by atoms with Crippen LogP contribution in [-0.4, -0.2) is 29.6 Å². The highest BCUT2D eigenvalue weighted by atomic mass is 16.5. The van der Waals surface area contributed by atoms with E-state index < -0.39 is 6.10 Å². The van der Waals surface area contributed by atoms with Crippen molar-refractivity contribution in [3.8, 4) is 6.07 Å². The normalized spacial score (nSPS) is 13.2. The number of esters is 1. The van der Waals surface area contributed by atoms with Gasteiger partial charge in [-0.25, -0.2) is 4.79 Å². The minimum atomic E-state index is -0.673. The first-order valence-electron chi connectivity index (χ1n) is 11.5. The quantitative estimate of drug-likeness (QED) is 0.437. The predicted molar refractivity (Wildman–Crippen MR) is 136 cm³/mol. The van der Waals surface area contributed by atoms with Gasteiger partial charge in [0.2, 0.25) is 0 Å². The van der Waals surface area contributed by atoms with Crippen LogP contribution in [0.5, 0.6) is 0 Å².